The zero-order valence-corrected chi connectivity index (χ0v) is 12.8. The Morgan fingerprint density at radius 1 is 1.24 bits per heavy atom. The second kappa shape index (κ2) is 6.18. The van der Waals surface area contributed by atoms with E-state index in [0.717, 1.165) is 35.7 Å². The number of benzene rings is 1. The Morgan fingerprint density at radius 3 is 2.57 bits per heavy atom. The minimum absolute atomic E-state index is 0.629. The largest absolute Gasteiger partial charge is 0.343 e. The van der Waals surface area contributed by atoms with Gasteiger partial charge in [0.25, 0.3) is 0 Å². The van der Waals surface area contributed by atoms with E-state index >= 15 is 0 Å². The van der Waals surface area contributed by atoms with Crippen LogP contribution >= 0.6 is 11.6 Å². The summed E-state index contributed by atoms with van der Waals surface area (Å²) in [5, 5.41) is 0.722. The molecule has 0 N–H and O–H groups in total. The Hall–Kier alpha value is -1.36. The number of rotatable bonds is 5. The topological polar surface area (TPSA) is 36.3 Å². The first-order valence-corrected chi connectivity index (χ1v) is 7.58. The molecule has 0 aliphatic carbocycles. The summed E-state index contributed by atoms with van der Waals surface area (Å²) in [4.78, 5) is 4.35. The van der Waals surface area contributed by atoms with Gasteiger partial charge < -0.3 is 14.0 Å². The van der Waals surface area contributed by atoms with Crippen molar-refractivity contribution in [3.63, 3.8) is 0 Å². The van der Waals surface area contributed by atoms with Crippen molar-refractivity contribution in [3.05, 3.63) is 53.1 Å². The molecule has 4 nitrogen and oxygen atoms in total. The fourth-order valence-corrected chi connectivity index (χ4v) is 2.86. The number of imidazole rings is 1. The van der Waals surface area contributed by atoms with Crippen LogP contribution < -0.4 is 0 Å². The maximum Gasteiger partial charge on any atom is 0.194 e. The first-order valence-electron chi connectivity index (χ1n) is 7.20. The molecule has 1 saturated heterocycles. The number of halogens is 1. The third-order valence-corrected chi connectivity index (χ3v) is 4.12. The van der Waals surface area contributed by atoms with Crippen molar-refractivity contribution < 1.29 is 9.47 Å². The van der Waals surface area contributed by atoms with Crippen molar-refractivity contribution in [1.82, 2.24) is 9.55 Å². The minimum atomic E-state index is -0.629. The van der Waals surface area contributed by atoms with E-state index in [0.29, 0.717) is 13.2 Å². The smallest absolute Gasteiger partial charge is 0.194 e. The second-order valence-electron chi connectivity index (χ2n) is 5.26. The summed E-state index contributed by atoms with van der Waals surface area (Å²) in [7, 11) is 2.01. The van der Waals surface area contributed by atoms with E-state index in [4.69, 9.17) is 21.1 Å². The Bertz CT molecular complexity index is 589. The zero-order valence-electron chi connectivity index (χ0n) is 12.1. The van der Waals surface area contributed by atoms with E-state index in [2.05, 4.69) is 4.98 Å². The average Bonchev–Trinajstić information content (AvgIpc) is 3.11. The van der Waals surface area contributed by atoms with Crippen LogP contribution in [0.5, 0.6) is 0 Å². The summed E-state index contributed by atoms with van der Waals surface area (Å²) < 4.78 is 13.9. The lowest BCUT2D eigenvalue weighted by atomic mass is 9.99. The molecule has 0 radical (unpaired) electrons. The Morgan fingerprint density at radius 2 is 1.95 bits per heavy atom. The molecule has 1 aliphatic rings. The van der Waals surface area contributed by atoms with Crippen LogP contribution in [-0.4, -0.2) is 22.8 Å². The number of hydrogen-bond acceptors (Lipinski definition) is 3. The lowest BCUT2D eigenvalue weighted by molar-refractivity contribution is -0.171. The summed E-state index contributed by atoms with van der Waals surface area (Å²) in [6, 6.07) is 7.72. The molecule has 0 amide bonds. The van der Waals surface area contributed by atoms with E-state index in [-0.39, 0.29) is 0 Å². The lowest BCUT2D eigenvalue weighted by Gasteiger charge is -2.28. The van der Waals surface area contributed by atoms with E-state index < -0.39 is 5.79 Å². The Balaban J connectivity index is 1.69. The van der Waals surface area contributed by atoms with Crippen LogP contribution in [-0.2, 0) is 28.7 Å². The van der Waals surface area contributed by atoms with Gasteiger partial charge in [-0.05, 0) is 18.6 Å². The molecular formula is C16H19ClN2O2. The first kappa shape index (κ1) is 14.6. The first-order chi connectivity index (χ1) is 10.2. The van der Waals surface area contributed by atoms with Crippen molar-refractivity contribution >= 4 is 11.6 Å². The molecular weight excluding hydrogens is 288 g/mol. The van der Waals surface area contributed by atoms with Gasteiger partial charge in [0.15, 0.2) is 5.79 Å². The zero-order chi connectivity index (χ0) is 14.7. The lowest BCUT2D eigenvalue weighted by Crippen LogP contribution is -2.27. The van der Waals surface area contributed by atoms with Crippen LogP contribution in [0.15, 0.2) is 36.7 Å². The van der Waals surface area contributed by atoms with Crippen LogP contribution in [0.25, 0.3) is 0 Å². The minimum Gasteiger partial charge on any atom is -0.343 e. The molecule has 5 heteroatoms. The quantitative estimate of drug-likeness (QED) is 0.850. The summed E-state index contributed by atoms with van der Waals surface area (Å²) in [5.74, 6) is 0.453. The predicted octanol–water partition coefficient (Wildman–Crippen LogP) is 3.30. The highest BCUT2D eigenvalue weighted by Gasteiger charge is 2.37. The van der Waals surface area contributed by atoms with Gasteiger partial charge in [-0.2, -0.15) is 0 Å². The van der Waals surface area contributed by atoms with Gasteiger partial charge in [0, 0.05) is 42.9 Å². The van der Waals surface area contributed by atoms with Gasteiger partial charge in [-0.3, -0.25) is 0 Å². The molecule has 1 aromatic heterocycles. The van der Waals surface area contributed by atoms with Crippen LogP contribution in [0, 0.1) is 0 Å². The molecule has 2 heterocycles. The third-order valence-electron chi connectivity index (χ3n) is 3.87. The second-order valence-corrected chi connectivity index (χ2v) is 5.70. The number of nitrogens with zero attached hydrogens (tertiary/aromatic N) is 2. The van der Waals surface area contributed by atoms with Gasteiger partial charge in [0.1, 0.15) is 5.82 Å². The van der Waals surface area contributed by atoms with E-state index in [9.17, 15) is 0 Å². The van der Waals surface area contributed by atoms with Gasteiger partial charge in [0.05, 0.1) is 13.2 Å². The van der Waals surface area contributed by atoms with Crippen molar-refractivity contribution in [2.24, 2.45) is 7.05 Å². The van der Waals surface area contributed by atoms with E-state index in [1.807, 2.05) is 48.3 Å². The molecule has 0 spiro atoms. The summed E-state index contributed by atoms with van der Waals surface area (Å²) >= 11 is 5.96. The fourth-order valence-electron chi connectivity index (χ4n) is 2.73. The van der Waals surface area contributed by atoms with Crippen molar-refractivity contribution in [1.29, 1.82) is 0 Å². The molecule has 112 valence electrons. The fraction of sp³-hybridized carbons (Fsp3) is 0.438. The van der Waals surface area contributed by atoms with Gasteiger partial charge in [-0.1, -0.05) is 23.7 Å². The molecule has 0 saturated carbocycles. The highest BCUT2D eigenvalue weighted by molar-refractivity contribution is 6.30. The number of hydrogen-bond donors (Lipinski definition) is 0. The van der Waals surface area contributed by atoms with Crippen molar-refractivity contribution in [3.8, 4) is 0 Å². The van der Waals surface area contributed by atoms with Gasteiger partial charge in [-0.25, -0.2) is 4.98 Å². The highest BCUT2D eigenvalue weighted by atomic mass is 35.5. The maximum absolute atomic E-state index is 5.96. The molecule has 0 atom stereocenters. The standard InChI is InChI=1S/C16H19ClN2O2/c1-19-10-9-18-15(19)3-2-8-16(20-11-12-21-16)13-4-6-14(17)7-5-13/h4-7,9-10H,2-3,8,11-12H2,1H3. The predicted molar refractivity (Wildman–Crippen MR) is 81.2 cm³/mol. The molecule has 1 aliphatic heterocycles. The van der Waals surface area contributed by atoms with Crippen LogP contribution in [0.3, 0.4) is 0 Å². The van der Waals surface area contributed by atoms with Crippen molar-refractivity contribution in [2.45, 2.75) is 25.0 Å². The molecule has 21 heavy (non-hydrogen) atoms. The van der Waals surface area contributed by atoms with Gasteiger partial charge >= 0.3 is 0 Å². The maximum atomic E-state index is 5.96. The van der Waals surface area contributed by atoms with Crippen LogP contribution in [0.2, 0.25) is 5.02 Å². The number of aromatic nitrogens is 2. The summed E-state index contributed by atoms with van der Waals surface area (Å²) in [5.41, 5.74) is 1.03. The monoisotopic (exact) mass is 306 g/mol. The number of ether oxygens (including phenoxy) is 2. The van der Waals surface area contributed by atoms with E-state index in [1.165, 1.54) is 0 Å². The normalized spacial score (nSPS) is 17.2. The molecule has 1 fully saturated rings. The Labute approximate surface area is 129 Å². The summed E-state index contributed by atoms with van der Waals surface area (Å²) in [6.45, 7) is 1.26. The SMILES string of the molecule is Cn1ccnc1CCCC1(c2ccc(Cl)cc2)OCCO1. The molecule has 0 bridgehead atoms. The number of aryl methyl sites for hydroxylation is 2. The van der Waals surface area contributed by atoms with Gasteiger partial charge in [-0.15, -0.1) is 0 Å². The van der Waals surface area contributed by atoms with E-state index in [1.54, 1.807) is 0 Å². The molecule has 1 aromatic carbocycles. The highest BCUT2D eigenvalue weighted by Crippen LogP contribution is 2.36. The average molecular weight is 307 g/mol. The van der Waals surface area contributed by atoms with Crippen molar-refractivity contribution in [2.75, 3.05) is 13.2 Å². The van der Waals surface area contributed by atoms with Gasteiger partial charge in [0.2, 0.25) is 0 Å². The molecule has 3 rings (SSSR count). The molecule has 0 unspecified atom stereocenters. The van der Waals surface area contributed by atoms with Crippen LogP contribution in [0.1, 0.15) is 24.2 Å². The summed E-state index contributed by atoms with van der Waals surface area (Å²) in [6.07, 6.45) is 6.46. The Kier molecular flexibility index (Phi) is 4.29. The molecule has 2 aromatic rings. The third kappa shape index (κ3) is 3.12. The van der Waals surface area contributed by atoms with Crippen LogP contribution in [0.4, 0.5) is 0 Å².